The van der Waals surface area contributed by atoms with E-state index in [4.69, 9.17) is 6.11 Å². The summed E-state index contributed by atoms with van der Waals surface area (Å²) >= 11 is 0. The number of carbonyl (C=O) groups is 1. The van der Waals surface area contributed by atoms with Crippen LogP contribution in [0.3, 0.4) is 0 Å². The van der Waals surface area contributed by atoms with E-state index >= 15 is 0 Å². The van der Waals surface area contributed by atoms with Crippen molar-refractivity contribution in [1.82, 2.24) is 0 Å². The van der Waals surface area contributed by atoms with Crippen LogP contribution in [0.5, 0.6) is 0 Å². The van der Waals surface area contributed by atoms with E-state index in [1.54, 1.807) is 13.2 Å². The minimum atomic E-state index is -0.779. The number of hydrogen-bond donors (Lipinski definition) is 0. The molecule has 2 atom stereocenters. The predicted octanol–water partition coefficient (Wildman–Crippen LogP) is 2.22. The van der Waals surface area contributed by atoms with Crippen LogP contribution in [0.4, 0.5) is 0 Å². The Morgan fingerprint density at radius 1 is 1.50 bits per heavy atom. The fourth-order valence-electron chi connectivity index (χ4n) is 1.80. The Labute approximate surface area is 85.3 Å². The smallest absolute Gasteiger partial charge is 0.165 e. The molecule has 0 saturated heterocycles. The van der Waals surface area contributed by atoms with Crippen molar-refractivity contribution in [3.05, 3.63) is 35.4 Å². The minimum Gasteiger partial charge on any atom is -0.381 e. The number of rotatable bonds is 1. The van der Waals surface area contributed by atoms with E-state index in [9.17, 15) is 4.79 Å². The highest BCUT2D eigenvalue weighted by Crippen LogP contribution is 2.21. The number of ketones is 1. The molecule has 0 aliphatic heterocycles. The van der Waals surface area contributed by atoms with Gasteiger partial charge in [-0.05, 0) is 18.4 Å². The van der Waals surface area contributed by atoms with E-state index < -0.39 is 6.40 Å². The third-order valence-electron chi connectivity index (χ3n) is 2.62. The van der Waals surface area contributed by atoms with E-state index in [1.165, 1.54) is 0 Å². The zero-order valence-electron chi connectivity index (χ0n) is 9.19. The number of fused-ring (bicyclic) bond motifs is 1. The van der Waals surface area contributed by atoms with Crippen molar-refractivity contribution in [2.45, 2.75) is 25.3 Å². The van der Waals surface area contributed by atoms with Crippen LogP contribution in [0.25, 0.3) is 0 Å². The summed E-state index contributed by atoms with van der Waals surface area (Å²) in [4.78, 5) is 11.9. The Morgan fingerprint density at radius 2 is 2.29 bits per heavy atom. The van der Waals surface area contributed by atoms with E-state index in [0.29, 0.717) is 5.56 Å². The fourth-order valence-corrected chi connectivity index (χ4v) is 1.80. The van der Waals surface area contributed by atoms with Gasteiger partial charge < -0.3 is 4.74 Å². The Morgan fingerprint density at radius 3 is 3.07 bits per heavy atom. The first-order chi connectivity index (χ1) is 7.24. The van der Waals surface area contributed by atoms with Crippen molar-refractivity contribution in [3.8, 4) is 0 Å². The first-order valence-corrected chi connectivity index (χ1v) is 4.81. The highest BCUT2D eigenvalue weighted by molar-refractivity contribution is 5.98. The summed E-state index contributed by atoms with van der Waals surface area (Å²) in [6.07, 6.45) is 0.506. The van der Waals surface area contributed by atoms with Crippen LogP contribution in [0.1, 0.15) is 30.1 Å². The number of methoxy groups -OCH3 is 1. The lowest BCUT2D eigenvalue weighted by Gasteiger charge is -2.09. The molecule has 1 aromatic carbocycles. The average molecular weight is 191 g/mol. The highest BCUT2D eigenvalue weighted by atomic mass is 16.5. The van der Waals surface area contributed by atoms with Crippen LogP contribution < -0.4 is 0 Å². The normalized spacial score (nSPS) is 27.8. The Hall–Kier alpha value is -1.15. The monoisotopic (exact) mass is 191 g/mol. The second kappa shape index (κ2) is 3.93. The van der Waals surface area contributed by atoms with Crippen molar-refractivity contribution in [2.24, 2.45) is 0 Å². The van der Waals surface area contributed by atoms with Crippen molar-refractivity contribution >= 4 is 5.78 Å². The number of ether oxygens (including phenoxy) is 1. The molecule has 0 heterocycles. The van der Waals surface area contributed by atoms with Gasteiger partial charge in [-0.15, -0.1) is 0 Å². The molecular weight excluding hydrogens is 176 g/mol. The molecule has 0 radical (unpaired) electrons. The quantitative estimate of drug-likeness (QED) is 0.636. The summed E-state index contributed by atoms with van der Waals surface area (Å²) in [6.45, 7) is 0. The van der Waals surface area contributed by atoms with Gasteiger partial charge in [0.2, 0.25) is 0 Å². The van der Waals surface area contributed by atoms with Crippen LogP contribution in [-0.4, -0.2) is 19.0 Å². The van der Waals surface area contributed by atoms with E-state index in [2.05, 4.69) is 0 Å². The van der Waals surface area contributed by atoms with Crippen LogP contribution in [0.15, 0.2) is 24.3 Å². The molecule has 2 rings (SSSR count). The maximum Gasteiger partial charge on any atom is 0.165 e. The third-order valence-corrected chi connectivity index (χ3v) is 2.62. The Kier molecular flexibility index (Phi) is 2.29. The average Bonchev–Trinajstić information content (AvgIpc) is 2.39. The van der Waals surface area contributed by atoms with Gasteiger partial charge in [-0.1, -0.05) is 24.3 Å². The van der Waals surface area contributed by atoms with Gasteiger partial charge in [0.1, 0.15) is 0 Å². The molecule has 2 nitrogen and oxygen atoms in total. The van der Waals surface area contributed by atoms with Crippen LogP contribution >= 0.6 is 0 Å². The maximum atomic E-state index is 11.9. The predicted molar refractivity (Wildman–Crippen MR) is 54.5 cm³/mol. The maximum absolute atomic E-state index is 11.9. The molecule has 1 aromatic rings. The third kappa shape index (κ3) is 1.70. The molecule has 0 spiro atoms. The molecule has 0 N–H and O–H groups in total. The molecule has 1 aliphatic carbocycles. The molecule has 0 amide bonds. The van der Waals surface area contributed by atoms with Gasteiger partial charge in [0.15, 0.2) is 5.78 Å². The molecule has 0 aromatic heterocycles. The second-order valence-electron chi connectivity index (χ2n) is 3.50. The summed E-state index contributed by atoms with van der Waals surface area (Å²) in [7, 11) is 1.56. The van der Waals surface area contributed by atoms with Crippen LogP contribution in [0.2, 0.25) is 0 Å². The molecule has 74 valence electrons. The molecule has 0 bridgehead atoms. The first kappa shape index (κ1) is 8.18. The van der Waals surface area contributed by atoms with Gasteiger partial charge in [-0.25, -0.2) is 0 Å². The van der Waals surface area contributed by atoms with E-state index in [0.717, 1.165) is 18.4 Å². The van der Waals surface area contributed by atoms with Gasteiger partial charge in [-0.2, -0.15) is 0 Å². The standard InChI is InChI=1S/C12H14O2/c1-14-10-7-6-9-4-2-3-5-11(9)12(13)8-10/h2-5,10H,6-8H2,1H3/t10-/m0/s1/i8D/t8-,10+/m1. The zero-order chi connectivity index (χ0) is 10.8. The number of aryl methyl sites for hydroxylation is 1. The number of hydrogen-bond acceptors (Lipinski definition) is 2. The zero-order valence-corrected chi connectivity index (χ0v) is 8.19. The number of carbonyl (C=O) groups excluding carboxylic acids is 1. The molecule has 0 fully saturated rings. The number of Topliss-reactive ketones (excluding diaryl/α,β-unsaturated/α-hetero) is 1. The topological polar surface area (TPSA) is 26.3 Å². The van der Waals surface area contributed by atoms with Crippen LogP contribution in [0, 0.1) is 0 Å². The largest absolute Gasteiger partial charge is 0.381 e. The van der Waals surface area contributed by atoms with Gasteiger partial charge in [0.25, 0.3) is 0 Å². The number of benzene rings is 1. The van der Waals surface area contributed by atoms with Gasteiger partial charge >= 0.3 is 0 Å². The van der Waals surface area contributed by atoms with Crippen LogP contribution in [-0.2, 0) is 11.2 Å². The molecule has 2 heteroatoms. The SMILES string of the molecule is [2H][C@H]1C(=O)c2ccccc2CC[C@@H]1OC. The second-order valence-corrected chi connectivity index (χ2v) is 3.50. The molecule has 1 aliphatic rings. The fraction of sp³-hybridized carbons (Fsp3) is 0.417. The molecule has 14 heavy (non-hydrogen) atoms. The van der Waals surface area contributed by atoms with Crippen molar-refractivity contribution < 1.29 is 10.9 Å². The van der Waals surface area contributed by atoms with Gasteiger partial charge in [-0.3, -0.25) is 4.79 Å². The summed E-state index contributed by atoms with van der Waals surface area (Å²) in [6, 6.07) is 7.53. The molecule has 0 unspecified atom stereocenters. The molecule has 0 saturated carbocycles. The van der Waals surface area contributed by atoms with Gasteiger partial charge in [0, 0.05) is 20.4 Å². The lowest BCUT2D eigenvalue weighted by Crippen LogP contribution is -2.13. The van der Waals surface area contributed by atoms with E-state index in [-0.39, 0.29) is 11.9 Å². The first-order valence-electron chi connectivity index (χ1n) is 5.39. The molecular formula is C12H14O2. The summed E-state index contributed by atoms with van der Waals surface area (Å²) < 4.78 is 13.0. The van der Waals surface area contributed by atoms with Crippen molar-refractivity contribution in [2.75, 3.05) is 7.11 Å². The highest BCUT2D eigenvalue weighted by Gasteiger charge is 2.21. The van der Waals surface area contributed by atoms with Crippen molar-refractivity contribution in [3.63, 3.8) is 0 Å². The summed E-state index contributed by atoms with van der Waals surface area (Å²) in [5.41, 5.74) is 1.73. The summed E-state index contributed by atoms with van der Waals surface area (Å²) in [5.74, 6) is -0.116. The lowest BCUT2D eigenvalue weighted by molar-refractivity contribution is 0.0720. The summed E-state index contributed by atoms with van der Waals surface area (Å²) in [5, 5.41) is 0. The van der Waals surface area contributed by atoms with Crippen molar-refractivity contribution in [1.29, 1.82) is 0 Å². The Balaban J connectivity index is 2.39. The Bertz CT molecular complexity index is 376. The van der Waals surface area contributed by atoms with E-state index in [1.807, 2.05) is 18.2 Å². The lowest BCUT2D eigenvalue weighted by atomic mass is 10.0. The van der Waals surface area contributed by atoms with Gasteiger partial charge in [0.05, 0.1) is 6.10 Å². The minimum absolute atomic E-state index is 0.116.